The number of halogens is 3. The molecule has 0 spiro atoms. The van der Waals surface area contributed by atoms with E-state index in [0.29, 0.717) is 11.6 Å². The van der Waals surface area contributed by atoms with Gasteiger partial charge in [0.05, 0.1) is 5.69 Å². The molecule has 0 heterocycles. The zero-order valence-electron chi connectivity index (χ0n) is 9.42. The van der Waals surface area contributed by atoms with Crippen molar-refractivity contribution in [3.05, 3.63) is 24.3 Å². The number of alkyl halides is 3. The Morgan fingerprint density at radius 2 is 1.94 bits per heavy atom. The van der Waals surface area contributed by atoms with E-state index in [4.69, 9.17) is 0 Å². The summed E-state index contributed by atoms with van der Waals surface area (Å²) in [5, 5.41) is 3.07. The number of hydrogen-bond acceptors (Lipinski definition) is 2. The van der Waals surface area contributed by atoms with Gasteiger partial charge in [0.1, 0.15) is 0 Å². The highest BCUT2D eigenvalue weighted by Crippen LogP contribution is 2.36. The standard InChI is InChI=1S/C12H14F3NO/c1-8(9-6-7-9)16-10-4-2-3-5-11(10)17-12(13,14)15/h2-5,8-9,16H,6-7H2,1H3. The fourth-order valence-electron chi connectivity index (χ4n) is 1.76. The minimum absolute atomic E-state index is 0.174. The zero-order valence-corrected chi connectivity index (χ0v) is 9.42. The Hall–Kier alpha value is -1.39. The second kappa shape index (κ2) is 4.47. The van der Waals surface area contributed by atoms with Gasteiger partial charge in [0.25, 0.3) is 0 Å². The molecule has 0 aromatic heterocycles. The summed E-state index contributed by atoms with van der Waals surface area (Å²) >= 11 is 0. The fourth-order valence-corrected chi connectivity index (χ4v) is 1.76. The van der Waals surface area contributed by atoms with Crippen LogP contribution in [0.15, 0.2) is 24.3 Å². The van der Waals surface area contributed by atoms with E-state index in [1.54, 1.807) is 12.1 Å². The molecule has 0 saturated heterocycles. The van der Waals surface area contributed by atoms with Gasteiger partial charge < -0.3 is 10.1 Å². The van der Waals surface area contributed by atoms with Crippen LogP contribution in [-0.2, 0) is 0 Å². The maximum absolute atomic E-state index is 12.2. The van der Waals surface area contributed by atoms with Crippen molar-refractivity contribution in [2.24, 2.45) is 5.92 Å². The SMILES string of the molecule is CC(Nc1ccccc1OC(F)(F)F)C1CC1. The predicted octanol–water partition coefficient (Wildman–Crippen LogP) is 3.80. The summed E-state index contributed by atoms with van der Waals surface area (Å²) in [5.41, 5.74) is 0.393. The summed E-state index contributed by atoms with van der Waals surface area (Å²) in [6.07, 6.45) is -2.38. The van der Waals surface area contributed by atoms with Crippen molar-refractivity contribution in [2.45, 2.75) is 32.2 Å². The van der Waals surface area contributed by atoms with Crippen molar-refractivity contribution < 1.29 is 17.9 Å². The predicted molar refractivity (Wildman–Crippen MR) is 58.9 cm³/mol. The molecule has 1 saturated carbocycles. The van der Waals surface area contributed by atoms with Crippen molar-refractivity contribution in [2.75, 3.05) is 5.32 Å². The van der Waals surface area contributed by atoms with E-state index in [0.717, 1.165) is 12.8 Å². The molecular formula is C12H14F3NO. The van der Waals surface area contributed by atoms with Crippen LogP contribution in [0, 0.1) is 5.92 Å². The Bertz CT molecular complexity index is 388. The van der Waals surface area contributed by atoms with Crippen LogP contribution in [-0.4, -0.2) is 12.4 Å². The molecule has 0 aliphatic heterocycles. The highest BCUT2D eigenvalue weighted by atomic mass is 19.4. The lowest BCUT2D eigenvalue weighted by atomic mass is 10.2. The highest BCUT2D eigenvalue weighted by Gasteiger charge is 2.33. The van der Waals surface area contributed by atoms with Gasteiger partial charge in [0.15, 0.2) is 5.75 Å². The van der Waals surface area contributed by atoms with Gasteiger partial charge in [-0.2, -0.15) is 0 Å². The molecule has 1 N–H and O–H groups in total. The number of hydrogen-bond donors (Lipinski definition) is 1. The second-order valence-corrected chi connectivity index (χ2v) is 4.31. The van der Waals surface area contributed by atoms with E-state index < -0.39 is 6.36 Å². The van der Waals surface area contributed by atoms with Crippen molar-refractivity contribution in [3.63, 3.8) is 0 Å². The van der Waals surface area contributed by atoms with Gasteiger partial charge in [-0.3, -0.25) is 0 Å². The molecule has 0 radical (unpaired) electrons. The number of benzene rings is 1. The summed E-state index contributed by atoms with van der Waals surface area (Å²) in [4.78, 5) is 0. The summed E-state index contributed by atoms with van der Waals surface area (Å²) in [6.45, 7) is 1.97. The van der Waals surface area contributed by atoms with Gasteiger partial charge in [-0.1, -0.05) is 12.1 Å². The Kier molecular flexibility index (Phi) is 3.17. The first kappa shape index (κ1) is 12.1. The number of rotatable bonds is 4. The van der Waals surface area contributed by atoms with Crippen LogP contribution in [0.4, 0.5) is 18.9 Å². The van der Waals surface area contributed by atoms with Crippen LogP contribution in [0.1, 0.15) is 19.8 Å². The number of anilines is 1. The second-order valence-electron chi connectivity index (χ2n) is 4.31. The minimum Gasteiger partial charge on any atom is -0.404 e. The van der Waals surface area contributed by atoms with Gasteiger partial charge >= 0.3 is 6.36 Å². The van der Waals surface area contributed by atoms with E-state index >= 15 is 0 Å². The van der Waals surface area contributed by atoms with E-state index in [9.17, 15) is 13.2 Å². The summed E-state index contributed by atoms with van der Waals surface area (Å²) < 4.78 is 40.5. The van der Waals surface area contributed by atoms with Crippen LogP contribution in [0.3, 0.4) is 0 Å². The molecule has 1 unspecified atom stereocenters. The monoisotopic (exact) mass is 245 g/mol. The van der Waals surface area contributed by atoms with Crippen LogP contribution >= 0.6 is 0 Å². The summed E-state index contributed by atoms with van der Waals surface area (Å²) in [7, 11) is 0. The van der Waals surface area contributed by atoms with Crippen molar-refractivity contribution in [1.82, 2.24) is 0 Å². The van der Waals surface area contributed by atoms with E-state index in [1.807, 2.05) is 6.92 Å². The van der Waals surface area contributed by atoms with Crippen LogP contribution in [0.2, 0.25) is 0 Å². The fraction of sp³-hybridized carbons (Fsp3) is 0.500. The molecule has 2 rings (SSSR count). The van der Waals surface area contributed by atoms with Crippen LogP contribution < -0.4 is 10.1 Å². The van der Waals surface area contributed by atoms with Crippen LogP contribution in [0.25, 0.3) is 0 Å². The summed E-state index contributed by atoms with van der Waals surface area (Å²) in [6, 6.07) is 6.29. The molecule has 2 nitrogen and oxygen atoms in total. The normalized spacial score (nSPS) is 17.6. The molecule has 17 heavy (non-hydrogen) atoms. The first-order valence-corrected chi connectivity index (χ1v) is 5.57. The Morgan fingerprint density at radius 3 is 2.53 bits per heavy atom. The molecule has 0 amide bonds. The van der Waals surface area contributed by atoms with E-state index in [-0.39, 0.29) is 11.8 Å². The lowest BCUT2D eigenvalue weighted by Gasteiger charge is -2.18. The third-order valence-electron chi connectivity index (χ3n) is 2.83. The Balaban J connectivity index is 2.09. The third-order valence-corrected chi connectivity index (χ3v) is 2.83. The smallest absolute Gasteiger partial charge is 0.404 e. The summed E-state index contributed by atoms with van der Waals surface area (Å²) in [5.74, 6) is 0.390. The lowest BCUT2D eigenvalue weighted by Crippen LogP contribution is -2.21. The molecule has 1 atom stereocenters. The molecular weight excluding hydrogens is 231 g/mol. The molecule has 94 valence electrons. The average molecular weight is 245 g/mol. The number of ether oxygens (including phenoxy) is 1. The molecule has 1 aromatic carbocycles. The van der Waals surface area contributed by atoms with Gasteiger partial charge in [-0.05, 0) is 37.8 Å². The zero-order chi connectivity index (χ0) is 12.5. The number of para-hydroxylation sites is 2. The quantitative estimate of drug-likeness (QED) is 0.871. The first-order valence-electron chi connectivity index (χ1n) is 5.57. The maximum Gasteiger partial charge on any atom is 0.573 e. The van der Waals surface area contributed by atoms with Gasteiger partial charge in [0, 0.05) is 6.04 Å². The van der Waals surface area contributed by atoms with Gasteiger partial charge in [0.2, 0.25) is 0 Å². The van der Waals surface area contributed by atoms with Gasteiger partial charge in [-0.25, -0.2) is 0 Å². The van der Waals surface area contributed by atoms with Gasteiger partial charge in [-0.15, -0.1) is 13.2 Å². The Labute approximate surface area is 97.8 Å². The topological polar surface area (TPSA) is 21.3 Å². The average Bonchev–Trinajstić information content (AvgIpc) is 3.02. The van der Waals surface area contributed by atoms with E-state index in [2.05, 4.69) is 10.1 Å². The molecule has 1 aliphatic rings. The third kappa shape index (κ3) is 3.54. The van der Waals surface area contributed by atoms with Crippen molar-refractivity contribution in [3.8, 4) is 5.75 Å². The van der Waals surface area contributed by atoms with Crippen molar-refractivity contribution in [1.29, 1.82) is 0 Å². The molecule has 0 bridgehead atoms. The highest BCUT2D eigenvalue weighted by molar-refractivity contribution is 5.56. The molecule has 1 aliphatic carbocycles. The largest absolute Gasteiger partial charge is 0.573 e. The van der Waals surface area contributed by atoms with Crippen molar-refractivity contribution >= 4 is 5.69 Å². The first-order chi connectivity index (χ1) is 7.96. The molecule has 5 heteroatoms. The lowest BCUT2D eigenvalue weighted by molar-refractivity contribution is -0.274. The Morgan fingerprint density at radius 1 is 1.29 bits per heavy atom. The minimum atomic E-state index is -4.65. The van der Waals surface area contributed by atoms with Crippen LogP contribution in [0.5, 0.6) is 5.75 Å². The van der Waals surface area contributed by atoms with E-state index in [1.165, 1.54) is 12.1 Å². The number of nitrogens with one attached hydrogen (secondary N) is 1. The molecule has 1 aromatic rings. The molecule has 1 fully saturated rings. The maximum atomic E-state index is 12.2.